The van der Waals surface area contributed by atoms with Crippen LogP contribution in [0.4, 0.5) is 0 Å². The predicted octanol–water partition coefficient (Wildman–Crippen LogP) is 2.52. The van der Waals surface area contributed by atoms with Gasteiger partial charge in [-0.15, -0.1) is 0 Å². The molecule has 2 aromatic heterocycles. The van der Waals surface area contributed by atoms with Crippen LogP contribution in [-0.2, 0) is 0 Å². The third-order valence-corrected chi connectivity index (χ3v) is 3.03. The van der Waals surface area contributed by atoms with Crippen LogP contribution in [-0.4, -0.2) is 17.1 Å². The Morgan fingerprint density at radius 2 is 2.00 bits per heavy atom. The van der Waals surface area contributed by atoms with Gasteiger partial charge in [0, 0.05) is 18.0 Å². The van der Waals surface area contributed by atoms with Crippen molar-refractivity contribution < 1.29 is 4.74 Å². The molecular weight excluding hydrogens is 196 g/mol. The number of nitrogens with zero attached hydrogens (tertiary/aromatic N) is 2. The average Bonchev–Trinajstić information content (AvgIpc) is 2.61. The largest absolute Gasteiger partial charge is 0.486 e. The van der Waals surface area contributed by atoms with Crippen LogP contribution in [0.3, 0.4) is 0 Å². The summed E-state index contributed by atoms with van der Waals surface area (Å²) in [4.78, 5) is 8.38. The molecule has 0 unspecified atom stereocenters. The molecule has 2 heterocycles. The molecule has 2 aromatic rings. The topological polar surface area (TPSA) is 35.0 Å². The Hall–Kier alpha value is -1.42. The molecule has 0 spiro atoms. The van der Waals surface area contributed by atoms with E-state index in [0.29, 0.717) is 0 Å². The summed E-state index contributed by atoms with van der Waals surface area (Å²) in [7, 11) is 1.66. The lowest BCUT2D eigenvalue weighted by atomic mass is 10.3. The van der Waals surface area contributed by atoms with Gasteiger partial charge in [0.05, 0.1) is 12.8 Å². The number of thiazole rings is 1. The molecule has 0 fully saturated rings. The highest BCUT2D eigenvalue weighted by Gasteiger charge is 2.08. The molecule has 0 radical (unpaired) electrons. The first-order valence-electron chi connectivity index (χ1n) is 4.23. The Morgan fingerprint density at radius 3 is 2.57 bits per heavy atom. The maximum atomic E-state index is 5.19. The van der Waals surface area contributed by atoms with Gasteiger partial charge in [0.2, 0.25) is 0 Å². The molecule has 0 saturated heterocycles. The molecule has 0 aromatic carbocycles. The molecular formula is C10H10N2OS. The van der Waals surface area contributed by atoms with Crippen molar-refractivity contribution in [3.05, 3.63) is 30.2 Å². The highest BCUT2D eigenvalue weighted by Crippen LogP contribution is 2.32. The van der Waals surface area contributed by atoms with E-state index < -0.39 is 0 Å². The van der Waals surface area contributed by atoms with Crippen LogP contribution in [0.15, 0.2) is 24.5 Å². The summed E-state index contributed by atoms with van der Waals surface area (Å²) in [6.45, 7) is 1.94. The van der Waals surface area contributed by atoms with Crippen molar-refractivity contribution in [3.8, 4) is 15.6 Å². The molecule has 0 amide bonds. The summed E-state index contributed by atoms with van der Waals surface area (Å²) in [5, 5.41) is 1.85. The van der Waals surface area contributed by atoms with E-state index >= 15 is 0 Å². The van der Waals surface area contributed by atoms with Crippen molar-refractivity contribution in [3.63, 3.8) is 0 Å². The third kappa shape index (κ3) is 1.61. The summed E-state index contributed by atoms with van der Waals surface area (Å²) < 4.78 is 5.19. The molecule has 0 N–H and O–H groups in total. The van der Waals surface area contributed by atoms with E-state index in [0.717, 1.165) is 21.3 Å². The van der Waals surface area contributed by atoms with Crippen LogP contribution < -0.4 is 4.74 Å². The van der Waals surface area contributed by atoms with Crippen LogP contribution in [0.2, 0.25) is 0 Å². The van der Waals surface area contributed by atoms with Gasteiger partial charge in [0.1, 0.15) is 5.01 Å². The average molecular weight is 206 g/mol. The summed E-state index contributed by atoms with van der Waals surface area (Å²) in [5.41, 5.74) is 2.01. The summed E-state index contributed by atoms with van der Waals surface area (Å²) in [6, 6.07) is 3.88. The van der Waals surface area contributed by atoms with Gasteiger partial charge in [-0.3, -0.25) is 4.98 Å². The lowest BCUT2D eigenvalue weighted by Gasteiger charge is -1.92. The van der Waals surface area contributed by atoms with E-state index in [1.807, 2.05) is 19.1 Å². The van der Waals surface area contributed by atoms with Gasteiger partial charge in [-0.2, -0.15) is 0 Å². The van der Waals surface area contributed by atoms with Crippen molar-refractivity contribution in [2.24, 2.45) is 0 Å². The van der Waals surface area contributed by atoms with Gasteiger partial charge in [-0.25, -0.2) is 4.98 Å². The summed E-state index contributed by atoms with van der Waals surface area (Å²) >= 11 is 1.55. The molecule has 0 aliphatic carbocycles. The van der Waals surface area contributed by atoms with Crippen molar-refractivity contribution in [2.45, 2.75) is 6.92 Å². The van der Waals surface area contributed by atoms with E-state index in [4.69, 9.17) is 4.74 Å². The van der Waals surface area contributed by atoms with E-state index in [9.17, 15) is 0 Å². The van der Waals surface area contributed by atoms with Crippen LogP contribution in [0.1, 0.15) is 5.69 Å². The van der Waals surface area contributed by atoms with Crippen LogP contribution in [0.5, 0.6) is 5.06 Å². The van der Waals surface area contributed by atoms with Crippen LogP contribution >= 0.6 is 11.3 Å². The Labute approximate surface area is 86.4 Å². The Kier molecular flexibility index (Phi) is 2.45. The number of aromatic nitrogens is 2. The quantitative estimate of drug-likeness (QED) is 0.757. The minimum Gasteiger partial charge on any atom is -0.486 e. The number of pyridine rings is 1. The zero-order valence-corrected chi connectivity index (χ0v) is 8.84. The maximum Gasteiger partial charge on any atom is 0.197 e. The fraction of sp³-hybridized carbons (Fsp3) is 0.200. The fourth-order valence-corrected chi connectivity index (χ4v) is 2.08. The SMILES string of the molecule is COc1sc(-c2ccncc2)nc1C. The monoisotopic (exact) mass is 206 g/mol. The number of rotatable bonds is 2. The minimum absolute atomic E-state index is 0.872. The summed E-state index contributed by atoms with van der Waals surface area (Å²) in [6.07, 6.45) is 3.52. The molecule has 4 heteroatoms. The molecule has 3 nitrogen and oxygen atoms in total. The minimum atomic E-state index is 0.872. The van der Waals surface area contributed by atoms with Crippen molar-refractivity contribution in [1.82, 2.24) is 9.97 Å². The molecule has 2 rings (SSSR count). The van der Waals surface area contributed by atoms with E-state index in [1.54, 1.807) is 30.8 Å². The van der Waals surface area contributed by atoms with Crippen LogP contribution in [0, 0.1) is 6.92 Å². The highest BCUT2D eigenvalue weighted by molar-refractivity contribution is 7.16. The van der Waals surface area contributed by atoms with Gasteiger partial charge in [0.25, 0.3) is 0 Å². The molecule has 0 atom stereocenters. The normalized spacial score (nSPS) is 10.1. The van der Waals surface area contributed by atoms with E-state index in [2.05, 4.69) is 9.97 Å². The van der Waals surface area contributed by atoms with E-state index in [1.165, 1.54) is 0 Å². The second-order valence-electron chi connectivity index (χ2n) is 2.83. The maximum absolute atomic E-state index is 5.19. The summed E-state index contributed by atoms with van der Waals surface area (Å²) in [5.74, 6) is 0. The molecule has 0 aliphatic rings. The van der Waals surface area contributed by atoms with Gasteiger partial charge >= 0.3 is 0 Å². The number of hydrogen-bond donors (Lipinski definition) is 0. The molecule has 0 saturated carbocycles. The number of ether oxygens (including phenoxy) is 1. The molecule has 0 bridgehead atoms. The van der Waals surface area contributed by atoms with Gasteiger partial charge in [-0.1, -0.05) is 11.3 Å². The van der Waals surface area contributed by atoms with Crippen LogP contribution in [0.25, 0.3) is 10.6 Å². The number of hydrogen-bond acceptors (Lipinski definition) is 4. The first kappa shape index (κ1) is 9.15. The lowest BCUT2D eigenvalue weighted by Crippen LogP contribution is -1.80. The Morgan fingerprint density at radius 1 is 1.29 bits per heavy atom. The van der Waals surface area contributed by atoms with Gasteiger partial charge in [-0.05, 0) is 19.1 Å². The smallest absolute Gasteiger partial charge is 0.197 e. The zero-order chi connectivity index (χ0) is 9.97. The standard InChI is InChI=1S/C10H10N2OS/c1-7-10(13-2)14-9(12-7)8-3-5-11-6-4-8/h3-6H,1-2H3. The van der Waals surface area contributed by atoms with Crippen molar-refractivity contribution in [2.75, 3.05) is 7.11 Å². The van der Waals surface area contributed by atoms with Gasteiger partial charge in [0.15, 0.2) is 5.06 Å². The Bertz CT molecular complexity index is 425. The second-order valence-corrected chi connectivity index (χ2v) is 3.79. The third-order valence-electron chi connectivity index (χ3n) is 1.87. The van der Waals surface area contributed by atoms with Gasteiger partial charge < -0.3 is 4.74 Å². The molecule has 72 valence electrons. The van der Waals surface area contributed by atoms with E-state index in [-0.39, 0.29) is 0 Å². The predicted molar refractivity (Wildman–Crippen MR) is 56.6 cm³/mol. The Balaban J connectivity index is 2.43. The first-order chi connectivity index (χ1) is 6.81. The molecule has 14 heavy (non-hydrogen) atoms. The second kappa shape index (κ2) is 3.75. The first-order valence-corrected chi connectivity index (χ1v) is 5.04. The van der Waals surface area contributed by atoms with Crippen molar-refractivity contribution >= 4 is 11.3 Å². The lowest BCUT2D eigenvalue weighted by molar-refractivity contribution is 0.423. The van der Waals surface area contributed by atoms with Crippen molar-refractivity contribution in [1.29, 1.82) is 0 Å². The highest BCUT2D eigenvalue weighted by atomic mass is 32.1. The number of methoxy groups -OCH3 is 1. The zero-order valence-electron chi connectivity index (χ0n) is 8.02. The molecule has 0 aliphatic heterocycles. The number of aryl methyl sites for hydroxylation is 1. The fourth-order valence-electron chi connectivity index (χ4n) is 1.19.